The fourth-order valence-corrected chi connectivity index (χ4v) is 3.77. The maximum atomic E-state index is 12.5. The third-order valence-corrected chi connectivity index (χ3v) is 5.33. The summed E-state index contributed by atoms with van der Waals surface area (Å²) in [6.45, 7) is 11.7. The Labute approximate surface area is 153 Å². The molecule has 1 fully saturated rings. The van der Waals surface area contributed by atoms with Gasteiger partial charge in [0, 0.05) is 18.3 Å². The number of hydrogen-bond donors (Lipinski definition) is 2. The number of urea groups is 1. The summed E-state index contributed by atoms with van der Waals surface area (Å²) in [5.74, 6) is 0.531. The van der Waals surface area contributed by atoms with Crippen LogP contribution in [0.2, 0.25) is 0 Å². The Bertz CT molecular complexity index is 548. The standard InChI is InChI=1S/C21H35N3O/c1-5-18-12-10-11-17(4)20(18)23-21(25)22-15-19(16(2)3)24-13-8-6-7-9-14-24/h10-12,16,19H,5-9,13-15H2,1-4H3,(H2,22,23,25)/t19-/m1/s1. The maximum Gasteiger partial charge on any atom is 0.319 e. The first-order valence-electron chi connectivity index (χ1n) is 9.90. The highest BCUT2D eigenvalue weighted by molar-refractivity contribution is 5.91. The third-order valence-electron chi connectivity index (χ3n) is 5.33. The van der Waals surface area contributed by atoms with Gasteiger partial charge in [0.2, 0.25) is 0 Å². The van der Waals surface area contributed by atoms with Crippen molar-refractivity contribution in [2.45, 2.75) is 65.8 Å². The van der Waals surface area contributed by atoms with Gasteiger partial charge in [-0.25, -0.2) is 4.79 Å². The van der Waals surface area contributed by atoms with Crippen LogP contribution in [-0.2, 0) is 6.42 Å². The summed E-state index contributed by atoms with van der Waals surface area (Å²) in [5.41, 5.74) is 3.25. The van der Waals surface area contributed by atoms with E-state index in [9.17, 15) is 4.79 Å². The molecule has 0 unspecified atom stereocenters. The highest BCUT2D eigenvalue weighted by Crippen LogP contribution is 2.21. The summed E-state index contributed by atoms with van der Waals surface area (Å²) >= 11 is 0. The Morgan fingerprint density at radius 2 is 1.84 bits per heavy atom. The predicted molar refractivity (Wildman–Crippen MR) is 106 cm³/mol. The number of nitrogens with one attached hydrogen (secondary N) is 2. The number of nitrogens with zero attached hydrogens (tertiary/aromatic N) is 1. The number of benzene rings is 1. The van der Waals surface area contributed by atoms with Gasteiger partial charge in [-0.2, -0.15) is 0 Å². The lowest BCUT2D eigenvalue weighted by Crippen LogP contribution is -2.48. The Balaban J connectivity index is 1.95. The van der Waals surface area contributed by atoms with Gasteiger partial charge >= 0.3 is 6.03 Å². The highest BCUT2D eigenvalue weighted by atomic mass is 16.2. The molecule has 1 aromatic rings. The number of rotatable bonds is 6. The Morgan fingerprint density at radius 3 is 2.44 bits per heavy atom. The molecule has 1 aromatic carbocycles. The van der Waals surface area contributed by atoms with E-state index < -0.39 is 0 Å². The first-order chi connectivity index (χ1) is 12.0. The van der Waals surface area contributed by atoms with Gasteiger partial charge < -0.3 is 10.6 Å². The number of para-hydroxylation sites is 1. The van der Waals surface area contributed by atoms with Gasteiger partial charge in [-0.05, 0) is 56.3 Å². The van der Waals surface area contributed by atoms with E-state index in [0.29, 0.717) is 18.5 Å². The molecule has 1 aliphatic rings. The maximum absolute atomic E-state index is 12.5. The van der Waals surface area contributed by atoms with E-state index in [4.69, 9.17) is 0 Å². The minimum atomic E-state index is -0.0931. The van der Waals surface area contributed by atoms with E-state index >= 15 is 0 Å². The molecule has 2 rings (SSSR count). The van der Waals surface area contributed by atoms with Crippen molar-refractivity contribution in [3.05, 3.63) is 29.3 Å². The average molecular weight is 346 g/mol. The molecule has 0 aliphatic carbocycles. The summed E-state index contributed by atoms with van der Waals surface area (Å²) in [6.07, 6.45) is 6.14. The molecule has 1 heterocycles. The van der Waals surface area contributed by atoms with Crippen LogP contribution in [0.15, 0.2) is 18.2 Å². The van der Waals surface area contributed by atoms with Crippen LogP contribution in [-0.4, -0.2) is 36.6 Å². The Kier molecular flexibility index (Phi) is 7.76. The van der Waals surface area contributed by atoms with Crippen LogP contribution in [0.25, 0.3) is 0 Å². The first kappa shape index (κ1) is 19.8. The van der Waals surface area contributed by atoms with Crippen LogP contribution >= 0.6 is 0 Å². The normalized spacial score (nSPS) is 17.2. The van der Waals surface area contributed by atoms with E-state index in [1.54, 1.807) is 0 Å². The minimum Gasteiger partial charge on any atom is -0.336 e. The topological polar surface area (TPSA) is 44.4 Å². The van der Waals surface area contributed by atoms with Crippen LogP contribution < -0.4 is 10.6 Å². The van der Waals surface area contributed by atoms with E-state index in [1.807, 2.05) is 19.1 Å². The molecule has 140 valence electrons. The molecule has 0 radical (unpaired) electrons. The van der Waals surface area contributed by atoms with Crippen molar-refractivity contribution in [3.8, 4) is 0 Å². The van der Waals surface area contributed by atoms with Crippen molar-refractivity contribution in [3.63, 3.8) is 0 Å². The van der Waals surface area contributed by atoms with Crippen molar-refractivity contribution in [2.75, 3.05) is 25.0 Å². The van der Waals surface area contributed by atoms with Gasteiger partial charge in [-0.15, -0.1) is 0 Å². The number of carbonyl (C=O) groups excluding carboxylic acids is 1. The fourth-order valence-electron chi connectivity index (χ4n) is 3.77. The Morgan fingerprint density at radius 1 is 1.16 bits per heavy atom. The number of likely N-dealkylation sites (tertiary alicyclic amines) is 1. The van der Waals surface area contributed by atoms with Crippen molar-refractivity contribution < 1.29 is 4.79 Å². The van der Waals surface area contributed by atoms with Gasteiger partial charge in [0.25, 0.3) is 0 Å². The number of hydrogen-bond acceptors (Lipinski definition) is 2. The molecule has 1 atom stereocenters. The van der Waals surface area contributed by atoms with E-state index in [2.05, 4.69) is 42.4 Å². The molecule has 0 spiro atoms. The number of aryl methyl sites for hydroxylation is 2. The first-order valence-corrected chi connectivity index (χ1v) is 9.90. The van der Waals surface area contributed by atoms with Crippen LogP contribution in [0.4, 0.5) is 10.5 Å². The summed E-state index contributed by atoms with van der Waals surface area (Å²) in [4.78, 5) is 15.0. The van der Waals surface area contributed by atoms with Crippen LogP contribution in [0, 0.1) is 12.8 Å². The van der Waals surface area contributed by atoms with Crippen LogP contribution in [0.1, 0.15) is 57.6 Å². The summed E-state index contributed by atoms with van der Waals surface area (Å²) in [7, 11) is 0. The molecular weight excluding hydrogens is 310 g/mol. The highest BCUT2D eigenvalue weighted by Gasteiger charge is 2.23. The molecular formula is C21H35N3O. The zero-order chi connectivity index (χ0) is 18.2. The second kappa shape index (κ2) is 9.81. The number of carbonyl (C=O) groups is 1. The lowest BCUT2D eigenvalue weighted by molar-refractivity contribution is 0.158. The van der Waals surface area contributed by atoms with Crippen molar-refractivity contribution in [1.29, 1.82) is 0 Å². The molecule has 4 heteroatoms. The summed E-state index contributed by atoms with van der Waals surface area (Å²) in [5, 5.41) is 6.19. The zero-order valence-corrected chi connectivity index (χ0v) is 16.4. The molecule has 2 amide bonds. The molecule has 4 nitrogen and oxygen atoms in total. The van der Waals surface area contributed by atoms with Crippen LogP contribution in [0.5, 0.6) is 0 Å². The summed E-state index contributed by atoms with van der Waals surface area (Å²) in [6, 6.07) is 6.49. The lowest BCUT2D eigenvalue weighted by atomic mass is 10.0. The molecule has 0 saturated carbocycles. The predicted octanol–water partition coefficient (Wildman–Crippen LogP) is 4.58. The zero-order valence-electron chi connectivity index (χ0n) is 16.4. The molecule has 25 heavy (non-hydrogen) atoms. The quantitative estimate of drug-likeness (QED) is 0.792. The summed E-state index contributed by atoms with van der Waals surface area (Å²) < 4.78 is 0. The van der Waals surface area contributed by atoms with Crippen molar-refractivity contribution >= 4 is 11.7 Å². The SMILES string of the molecule is CCc1cccc(C)c1NC(=O)NC[C@H](C(C)C)N1CCCCCC1. The Hall–Kier alpha value is -1.55. The number of amides is 2. The number of anilines is 1. The van der Waals surface area contributed by atoms with Gasteiger partial charge in [0.1, 0.15) is 0 Å². The van der Waals surface area contributed by atoms with Gasteiger partial charge in [-0.1, -0.05) is 51.8 Å². The van der Waals surface area contributed by atoms with E-state index in [-0.39, 0.29) is 6.03 Å². The minimum absolute atomic E-state index is 0.0931. The second-order valence-electron chi connectivity index (χ2n) is 7.56. The second-order valence-corrected chi connectivity index (χ2v) is 7.56. The van der Waals surface area contributed by atoms with Crippen molar-refractivity contribution in [1.82, 2.24) is 10.2 Å². The van der Waals surface area contributed by atoms with Gasteiger partial charge in [0.05, 0.1) is 0 Å². The molecule has 0 aromatic heterocycles. The molecule has 1 saturated heterocycles. The fraction of sp³-hybridized carbons (Fsp3) is 0.667. The lowest BCUT2D eigenvalue weighted by Gasteiger charge is -2.33. The largest absolute Gasteiger partial charge is 0.336 e. The van der Waals surface area contributed by atoms with Gasteiger partial charge in [-0.3, -0.25) is 4.90 Å². The van der Waals surface area contributed by atoms with Gasteiger partial charge in [0.15, 0.2) is 0 Å². The van der Waals surface area contributed by atoms with Crippen molar-refractivity contribution in [2.24, 2.45) is 5.92 Å². The molecule has 2 N–H and O–H groups in total. The third kappa shape index (κ3) is 5.74. The van der Waals surface area contributed by atoms with E-state index in [0.717, 1.165) is 30.8 Å². The molecule has 1 aliphatic heterocycles. The average Bonchev–Trinajstić information content (AvgIpc) is 2.86. The van der Waals surface area contributed by atoms with E-state index in [1.165, 1.54) is 31.2 Å². The van der Waals surface area contributed by atoms with Crippen LogP contribution in [0.3, 0.4) is 0 Å². The smallest absolute Gasteiger partial charge is 0.319 e. The molecule has 0 bridgehead atoms. The monoisotopic (exact) mass is 345 g/mol.